The molecule has 0 saturated heterocycles. The van der Waals surface area contributed by atoms with Gasteiger partial charge in [0, 0.05) is 18.8 Å². The molecular formula is C18H26N8O. The molecule has 0 amide bonds. The summed E-state index contributed by atoms with van der Waals surface area (Å²) in [6.45, 7) is 7.18. The maximum Gasteiger partial charge on any atom is 0.227 e. The second-order valence-corrected chi connectivity index (χ2v) is 6.70. The Kier molecular flexibility index (Phi) is 5.70. The van der Waals surface area contributed by atoms with Crippen molar-refractivity contribution < 1.29 is 5.11 Å². The molecule has 0 fully saturated rings. The smallest absolute Gasteiger partial charge is 0.227 e. The summed E-state index contributed by atoms with van der Waals surface area (Å²) in [5.74, 6) is 1.23. The van der Waals surface area contributed by atoms with Crippen molar-refractivity contribution >= 4 is 28.6 Å². The fraction of sp³-hybridized carbons (Fsp3) is 0.444. The number of nitrogen functional groups attached to an aromatic ring is 1. The van der Waals surface area contributed by atoms with E-state index < -0.39 is 0 Å². The van der Waals surface area contributed by atoms with Crippen LogP contribution in [0.2, 0.25) is 0 Å². The zero-order valence-electron chi connectivity index (χ0n) is 15.8. The van der Waals surface area contributed by atoms with E-state index in [1.807, 2.05) is 45.0 Å². The summed E-state index contributed by atoms with van der Waals surface area (Å²) in [6.07, 6.45) is 0. The van der Waals surface area contributed by atoms with Crippen molar-refractivity contribution in [2.75, 3.05) is 23.0 Å². The monoisotopic (exact) mass is 370 g/mol. The van der Waals surface area contributed by atoms with Gasteiger partial charge in [0.05, 0.1) is 12.6 Å². The standard InChI is InChI=1S/C18H26N8O/c1-4-26-17-15(24-25-26)16(20-9-12-7-5-6-8-13(12)19)22-18(23-17)21-14(10-27)11(2)3/h5-8,11,14,27H,4,9-10,19H2,1-3H3,(H2,20,21,22,23). The Balaban J connectivity index is 1.94. The number of nitrogens with two attached hydrogens (primary N) is 1. The number of para-hydroxylation sites is 1. The summed E-state index contributed by atoms with van der Waals surface area (Å²) in [4.78, 5) is 9.11. The van der Waals surface area contributed by atoms with E-state index in [1.165, 1.54) is 0 Å². The Morgan fingerprint density at radius 2 is 2.00 bits per heavy atom. The van der Waals surface area contributed by atoms with Crippen molar-refractivity contribution in [1.82, 2.24) is 25.0 Å². The summed E-state index contributed by atoms with van der Waals surface area (Å²) >= 11 is 0. The molecule has 0 bridgehead atoms. The first-order chi connectivity index (χ1) is 13.0. The molecular weight excluding hydrogens is 344 g/mol. The number of anilines is 3. The van der Waals surface area contributed by atoms with E-state index in [4.69, 9.17) is 5.73 Å². The molecule has 1 atom stereocenters. The number of aliphatic hydroxyl groups is 1. The zero-order valence-corrected chi connectivity index (χ0v) is 15.8. The summed E-state index contributed by atoms with van der Waals surface area (Å²) in [5.41, 5.74) is 8.95. The number of rotatable bonds is 8. The molecule has 1 unspecified atom stereocenters. The predicted molar refractivity (Wildman–Crippen MR) is 106 cm³/mol. The quantitative estimate of drug-likeness (QED) is 0.443. The first-order valence-electron chi connectivity index (χ1n) is 9.09. The SMILES string of the molecule is CCn1nnc2c(NCc3ccccc3N)nc(NC(CO)C(C)C)nc21. The number of aryl methyl sites for hydroxylation is 1. The van der Waals surface area contributed by atoms with Gasteiger partial charge in [-0.3, -0.25) is 0 Å². The van der Waals surface area contributed by atoms with Gasteiger partial charge in [-0.05, 0) is 24.5 Å². The van der Waals surface area contributed by atoms with Crippen LogP contribution in [0.25, 0.3) is 11.2 Å². The number of hydrogen-bond acceptors (Lipinski definition) is 8. The molecule has 5 N–H and O–H groups in total. The third-order valence-electron chi connectivity index (χ3n) is 4.48. The van der Waals surface area contributed by atoms with Crippen LogP contribution in [0.4, 0.5) is 17.5 Å². The van der Waals surface area contributed by atoms with E-state index >= 15 is 0 Å². The van der Waals surface area contributed by atoms with Crippen LogP contribution in [0, 0.1) is 5.92 Å². The lowest BCUT2D eigenvalue weighted by molar-refractivity contribution is 0.248. The molecule has 27 heavy (non-hydrogen) atoms. The number of nitrogens with one attached hydrogen (secondary N) is 2. The highest BCUT2D eigenvalue weighted by Crippen LogP contribution is 2.22. The Hall–Kier alpha value is -2.94. The van der Waals surface area contributed by atoms with Crippen molar-refractivity contribution in [2.24, 2.45) is 5.92 Å². The van der Waals surface area contributed by atoms with Gasteiger partial charge >= 0.3 is 0 Å². The van der Waals surface area contributed by atoms with Gasteiger partial charge in [-0.2, -0.15) is 9.97 Å². The summed E-state index contributed by atoms with van der Waals surface area (Å²) < 4.78 is 1.72. The summed E-state index contributed by atoms with van der Waals surface area (Å²) in [6, 6.07) is 7.52. The number of benzene rings is 1. The first-order valence-corrected chi connectivity index (χ1v) is 9.09. The topological polar surface area (TPSA) is 127 Å². The third kappa shape index (κ3) is 4.08. The lowest BCUT2D eigenvalue weighted by Crippen LogP contribution is -2.30. The van der Waals surface area contributed by atoms with Crippen molar-refractivity contribution in [2.45, 2.75) is 39.9 Å². The van der Waals surface area contributed by atoms with Crippen molar-refractivity contribution in [3.63, 3.8) is 0 Å². The normalized spacial score (nSPS) is 12.5. The highest BCUT2D eigenvalue weighted by atomic mass is 16.3. The molecule has 3 aromatic rings. The number of hydrogen-bond donors (Lipinski definition) is 4. The molecule has 9 nitrogen and oxygen atoms in total. The van der Waals surface area contributed by atoms with Crippen molar-refractivity contribution in [3.05, 3.63) is 29.8 Å². The highest BCUT2D eigenvalue weighted by Gasteiger charge is 2.18. The van der Waals surface area contributed by atoms with Crippen LogP contribution < -0.4 is 16.4 Å². The molecule has 0 saturated carbocycles. The molecule has 144 valence electrons. The van der Waals surface area contributed by atoms with Crippen molar-refractivity contribution in [1.29, 1.82) is 0 Å². The molecule has 0 spiro atoms. The van der Waals surface area contributed by atoms with Crippen LogP contribution in [0.15, 0.2) is 24.3 Å². The minimum Gasteiger partial charge on any atom is -0.398 e. The first kappa shape index (κ1) is 18.8. The highest BCUT2D eigenvalue weighted by molar-refractivity contribution is 5.83. The van der Waals surface area contributed by atoms with Crippen LogP contribution in [0.5, 0.6) is 0 Å². The van der Waals surface area contributed by atoms with Crippen LogP contribution in [-0.4, -0.2) is 42.7 Å². The van der Waals surface area contributed by atoms with Gasteiger partial charge in [-0.15, -0.1) is 5.10 Å². The number of fused-ring (bicyclic) bond motifs is 1. The number of aliphatic hydroxyl groups excluding tert-OH is 1. The fourth-order valence-electron chi connectivity index (χ4n) is 2.72. The molecule has 2 aromatic heterocycles. The average Bonchev–Trinajstić information content (AvgIpc) is 3.08. The van der Waals surface area contributed by atoms with Crippen LogP contribution in [-0.2, 0) is 13.1 Å². The molecule has 9 heteroatoms. The molecule has 1 aromatic carbocycles. The van der Waals surface area contributed by atoms with E-state index in [-0.39, 0.29) is 18.6 Å². The second kappa shape index (κ2) is 8.17. The second-order valence-electron chi connectivity index (χ2n) is 6.70. The van der Waals surface area contributed by atoms with Gasteiger partial charge in [0.2, 0.25) is 5.95 Å². The number of aromatic nitrogens is 5. The van der Waals surface area contributed by atoms with Crippen LogP contribution >= 0.6 is 0 Å². The molecule has 0 aliphatic carbocycles. The van der Waals surface area contributed by atoms with Gasteiger partial charge < -0.3 is 21.5 Å². The summed E-state index contributed by atoms with van der Waals surface area (Å²) in [5, 5.41) is 24.5. The van der Waals surface area contributed by atoms with Crippen molar-refractivity contribution in [3.8, 4) is 0 Å². The Bertz CT molecular complexity index is 908. The Morgan fingerprint density at radius 1 is 1.22 bits per heavy atom. The van der Waals surface area contributed by atoms with E-state index in [2.05, 4.69) is 30.9 Å². The van der Waals surface area contributed by atoms with E-state index in [9.17, 15) is 5.11 Å². The maximum atomic E-state index is 9.61. The number of nitrogens with zero attached hydrogens (tertiary/aromatic N) is 5. The molecule has 0 aliphatic heterocycles. The molecule has 0 aliphatic rings. The molecule has 0 radical (unpaired) electrons. The Morgan fingerprint density at radius 3 is 2.67 bits per heavy atom. The van der Waals surface area contributed by atoms with Gasteiger partial charge in [-0.25, -0.2) is 4.68 Å². The lowest BCUT2D eigenvalue weighted by atomic mass is 10.1. The third-order valence-corrected chi connectivity index (χ3v) is 4.48. The zero-order chi connectivity index (χ0) is 19.4. The largest absolute Gasteiger partial charge is 0.398 e. The molecule has 2 heterocycles. The summed E-state index contributed by atoms with van der Waals surface area (Å²) in [7, 11) is 0. The van der Waals surface area contributed by atoms with Crippen LogP contribution in [0.3, 0.4) is 0 Å². The van der Waals surface area contributed by atoms with Gasteiger partial charge in [-0.1, -0.05) is 37.3 Å². The maximum absolute atomic E-state index is 9.61. The van der Waals surface area contributed by atoms with E-state index in [0.29, 0.717) is 41.7 Å². The fourth-order valence-corrected chi connectivity index (χ4v) is 2.72. The predicted octanol–water partition coefficient (Wildman–Crippen LogP) is 1.86. The van der Waals surface area contributed by atoms with E-state index in [1.54, 1.807) is 4.68 Å². The van der Waals surface area contributed by atoms with E-state index in [0.717, 1.165) is 5.56 Å². The van der Waals surface area contributed by atoms with Crippen LogP contribution in [0.1, 0.15) is 26.3 Å². The lowest BCUT2D eigenvalue weighted by Gasteiger charge is -2.20. The average molecular weight is 370 g/mol. The molecule has 3 rings (SSSR count). The Labute approximate surface area is 158 Å². The minimum atomic E-state index is -0.147. The van der Waals surface area contributed by atoms with Gasteiger partial charge in [0.25, 0.3) is 0 Å². The minimum absolute atomic E-state index is 0.00629. The van der Waals surface area contributed by atoms with Gasteiger partial charge in [0.1, 0.15) is 0 Å². The van der Waals surface area contributed by atoms with Gasteiger partial charge in [0.15, 0.2) is 17.0 Å².